The minimum atomic E-state index is -0.00892. The Kier molecular flexibility index (Phi) is 4.68. The van der Waals surface area contributed by atoms with E-state index in [1.165, 1.54) is 0 Å². The Morgan fingerprint density at radius 1 is 1.42 bits per heavy atom. The van der Waals surface area contributed by atoms with Crippen LogP contribution in [0.2, 0.25) is 10.0 Å². The quantitative estimate of drug-likeness (QED) is 0.911. The van der Waals surface area contributed by atoms with Crippen molar-refractivity contribution in [2.45, 2.75) is 26.5 Å². The maximum absolute atomic E-state index is 6.04. The van der Waals surface area contributed by atoms with Gasteiger partial charge in [-0.3, -0.25) is 0 Å². The van der Waals surface area contributed by atoms with E-state index in [2.05, 4.69) is 4.98 Å². The van der Waals surface area contributed by atoms with Crippen molar-refractivity contribution in [3.63, 3.8) is 0 Å². The van der Waals surface area contributed by atoms with Gasteiger partial charge in [-0.25, -0.2) is 4.98 Å². The van der Waals surface area contributed by atoms with Crippen LogP contribution in [-0.2, 0) is 6.61 Å². The second-order valence-electron chi connectivity index (χ2n) is 4.21. The minimum absolute atomic E-state index is 0.00892. The van der Waals surface area contributed by atoms with Gasteiger partial charge in [0, 0.05) is 15.9 Å². The predicted molar refractivity (Wildman–Crippen MR) is 80.2 cm³/mol. The molecule has 1 aromatic heterocycles. The lowest BCUT2D eigenvalue weighted by atomic mass is 10.2. The maximum atomic E-state index is 6.04. The fourth-order valence-corrected chi connectivity index (χ4v) is 3.08. The highest BCUT2D eigenvalue weighted by Gasteiger charge is 2.12. The summed E-state index contributed by atoms with van der Waals surface area (Å²) in [5, 5.41) is 1.96. The van der Waals surface area contributed by atoms with Crippen molar-refractivity contribution in [1.29, 1.82) is 0 Å². The van der Waals surface area contributed by atoms with Crippen LogP contribution in [0.4, 0.5) is 0 Å². The Morgan fingerprint density at radius 3 is 2.74 bits per heavy atom. The van der Waals surface area contributed by atoms with E-state index in [0.29, 0.717) is 22.4 Å². The highest BCUT2D eigenvalue weighted by atomic mass is 35.5. The Labute approximate surface area is 126 Å². The van der Waals surface area contributed by atoms with E-state index < -0.39 is 0 Å². The first-order chi connectivity index (χ1) is 8.97. The van der Waals surface area contributed by atoms with Crippen LogP contribution >= 0.6 is 34.5 Å². The molecular weight excluding hydrogens is 303 g/mol. The van der Waals surface area contributed by atoms with Crippen molar-refractivity contribution in [2.75, 3.05) is 0 Å². The molecule has 102 valence electrons. The normalized spacial score (nSPS) is 12.5. The van der Waals surface area contributed by atoms with Gasteiger partial charge in [0.15, 0.2) is 0 Å². The predicted octanol–water partition coefficient (Wildman–Crippen LogP) is 4.36. The van der Waals surface area contributed by atoms with Crippen molar-refractivity contribution in [2.24, 2.45) is 5.73 Å². The number of ether oxygens (including phenoxy) is 1. The molecule has 0 saturated carbocycles. The van der Waals surface area contributed by atoms with Gasteiger partial charge in [0.1, 0.15) is 17.4 Å². The monoisotopic (exact) mass is 316 g/mol. The van der Waals surface area contributed by atoms with Gasteiger partial charge in [0.25, 0.3) is 0 Å². The van der Waals surface area contributed by atoms with Gasteiger partial charge in [-0.05, 0) is 32.0 Å². The molecule has 2 rings (SSSR count). The summed E-state index contributed by atoms with van der Waals surface area (Å²) >= 11 is 13.4. The van der Waals surface area contributed by atoms with E-state index in [9.17, 15) is 0 Å². The highest BCUT2D eigenvalue weighted by molar-refractivity contribution is 7.11. The SMILES string of the molecule is Cc1nc(COc2ccc(Cl)cc2Cl)sc1C(C)N. The molecule has 19 heavy (non-hydrogen) atoms. The van der Waals surface area contributed by atoms with Crippen LogP contribution in [-0.4, -0.2) is 4.98 Å². The number of nitrogens with two attached hydrogens (primary N) is 1. The zero-order chi connectivity index (χ0) is 14.0. The van der Waals surface area contributed by atoms with E-state index in [1.54, 1.807) is 29.5 Å². The molecule has 2 aromatic rings. The third-order valence-electron chi connectivity index (χ3n) is 2.54. The van der Waals surface area contributed by atoms with Gasteiger partial charge in [-0.15, -0.1) is 11.3 Å². The van der Waals surface area contributed by atoms with Crippen LogP contribution in [0.25, 0.3) is 0 Å². The van der Waals surface area contributed by atoms with Crippen LogP contribution in [0, 0.1) is 6.92 Å². The molecule has 0 spiro atoms. The summed E-state index contributed by atoms with van der Waals surface area (Å²) in [5.41, 5.74) is 6.83. The van der Waals surface area contributed by atoms with Crippen LogP contribution in [0.3, 0.4) is 0 Å². The molecule has 0 saturated heterocycles. The molecular formula is C13H14Cl2N2OS. The molecule has 1 heterocycles. The van der Waals surface area contributed by atoms with Gasteiger partial charge in [-0.1, -0.05) is 23.2 Å². The molecule has 2 N–H and O–H groups in total. The first-order valence-electron chi connectivity index (χ1n) is 5.77. The number of aromatic nitrogens is 1. The third-order valence-corrected chi connectivity index (χ3v) is 4.40. The van der Waals surface area contributed by atoms with Gasteiger partial charge in [-0.2, -0.15) is 0 Å². The Hall–Kier alpha value is -0.810. The second-order valence-corrected chi connectivity index (χ2v) is 6.17. The molecule has 0 fully saturated rings. The van der Waals surface area contributed by atoms with E-state index >= 15 is 0 Å². The van der Waals surface area contributed by atoms with E-state index in [4.69, 9.17) is 33.7 Å². The smallest absolute Gasteiger partial charge is 0.140 e. The zero-order valence-electron chi connectivity index (χ0n) is 10.6. The van der Waals surface area contributed by atoms with E-state index in [0.717, 1.165) is 15.6 Å². The topological polar surface area (TPSA) is 48.1 Å². The fraction of sp³-hybridized carbons (Fsp3) is 0.308. The zero-order valence-corrected chi connectivity index (χ0v) is 12.9. The molecule has 0 amide bonds. The number of hydrogen-bond acceptors (Lipinski definition) is 4. The number of aryl methyl sites for hydroxylation is 1. The number of hydrogen-bond donors (Lipinski definition) is 1. The number of halogens is 2. The lowest BCUT2D eigenvalue weighted by Gasteiger charge is -2.06. The summed E-state index contributed by atoms with van der Waals surface area (Å²) in [6.07, 6.45) is 0. The van der Waals surface area contributed by atoms with Gasteiger partial charge >= 0.3 is 0 Å². The van der Waals surface area contributed by atoms with E-state index in [1.807, 2.05) is 13.8 Å². The average molecular weight is 317 g/mol. The second kappa shape index (κ2) is 6.09. The van der Waals surface area contributed by atoms with Crippen molar-refractivity contribution in [3.8, 4) is 5.75 Å². The molecule has 0 aliphatic carbocycles. The van der Waals surface area contributed by atoms with Crippen LogP contribution < -0.4 is 10.5 Å². The molecule has 0 radical (unpaired) electrons. The van der Waals surface area contributed by atoms with E-state index in [-0.39, 0.29) is 6.04 Å². The molecule has 0 aliphatic rings. The minimum Gasteiger partial charge on any atom is -0.485 e. The first-order valence-corrected chi connectivity index (χ1v) is 7.34. The summed E-state index contributed by atoms with van der Waals surface area (Å²) in [5.74, 6) is 0.598. The Balaban J connectivity index is 2.08. The van der Waals surface area contributed by atoms with Crippen LogP contribution in [0.1, 0.15) is 28.5 Å². The van der Waals surface area contributed by atoms with Gasteiger partial charge in [0.2, 0.25) is 0 Å². The lowest BCUT2D eigenvalue weighted by Crippen LogP contribution is -2.03. The van der Waals surface area contributed by atoms with Crippen molar-refractivity contribution >= 4 is 34.5 Å². The summed E-state index contributed by atoms with van der Waals surface area (Å²) in [4.78, 5) is 5.52. The number of thiazole rings is 1. The maximum Gasteiger partial charge on any atom is 0.140 e. The van der Waals surface area contributed by atoms with Crippen LogP contribution in [0.15, 0.2) is 18.2 Å². The fourth-order valence-electron chi connectivity index (χ4n) is 1.68. The molecule has 3 nitrogen and oxygen atoms in total. The molecule has 1 unspecified atom stereocenters. The number of nitrogens with zero attached hydrogens (tertiary/aromatic N) is 1. The summed E-state index contributed by atoms with van der Waals surface area (Å²) in [6.45, 7) is 4.27. The first kappa shape index (κ1) is 14.6. The standard InChI is InChI=1S/C13H14Cl2N2OS/c1-7(16)13-8(2)17-12(19-13)6-18-11-4-3-9(14)5-10(11)15/h3-5,7H,6,16H2,1-2H3. The molecule has 6 heteroatoms. The van der Waals surface area contributed by atoms with Crippen molar-refractivity contribution < 1.29 is 4.74 Å². The average Bonchev–Trinajstić information content (AvgIpc) is 2.69. The van der Waals surface area contributed by atoms with Gasteiger partial charge in [0.05, 0.1) is 10.7 Å². The summed E-state index contributed by atoms with van der Waals surface area (Å²) in [6, 6.07) is 5.13. The Morgan fingerprint density at radius 2 is 2.16 bits per heavy atom. The molecule has 0 bridgehead atoms. The Bertz CT molecular complexity index is 584. The molecule has 0 aliphatic heterocycles. The van der Waals surface area contributed by atoms with Crippen molar-refractivity contribution in [1.82, 2.24) is 4.98 Å². The third kappa shape index (κ3) is 3.60. The van der Waals surface area contributed by atoms with Crippen LogP contribution in [0.5, 0.6) is 5.75 Å². The molecule has 1 aromatic carbocycles. The van der Waals surface area contributed by atoms with Gasteiger partial charge < -0.3 is 10.5 Å². The lowest BCUT2D eigenvalue weighted by molar-refractivity contribution is 0.305. The highest BCUT2D eigenvalue weighted by Crippen LogP contribution is 2.29. The number of rotatable bonds is 4. The number of benzene rings is 1. The summed E-state index contributed by atoms with van der Waals surface area (Å²) in [7, 11) is 0. The summed E-state index contributed by atoms with van der Waals surface area (Å²) < 4.78 is 5.64. The molecule has 1 atom stereocenters. The van der Waals surface area contributed by atoms with Crippen molar-refractivity contribution in [3.05, 3.63) is 43.8 Å². The largest absolute Gasteiger partial charge is 0.485 e.